The predicted molar refractivity (Wildman–Crippen MR) is 49.0 cm³/mol. The lowest BCUT2D eigenvalue weighted by Crippen LogP contribution is -2.17. The van der Waals surface area contributed by atoms with E-state index in [1.165, 1.54) is 7.11 Å². The first-order valence-electron chi connectivity index (χ1n) is 3.99. The van der Waals surface area contributed by atoms with Crippen molar-refractivity contribution in [2.24, 2.45) is 5.73 Å². The van der Waals surface area contributed by atoms with Gasteiger partial charge in [0.1, 0.15) is 0 Å². The Morgan fingerprint density at radius 2 is 2.00 bits per heavy atom. The average molecular weight is 209 g/mol. The van der Waals surface area contributed by atoms with E-state index >= 15 is 0 Å². The maximum Gasteiger partial charge on any atom is 0.306 e. The fourth-order valence-corrected chi connectivity index (χ4v) is 2.03. The maximum atomic E-state index is 11.1. The van der Waals surface area contributed by atoms with Crippen molar-refractivity contribution < 1.29 is 17.9 Å². The van der Waals surface area contributed by atoms with Crippen LogP contribution in [0.3, 0.4) is 0 Å². The van der Waals surface area contributed by atoms with Crippen molar-refractivity contribution in [2.45, 2.75) is 12.8 Å². The summed E-state index contributed by atoms with van der Waals surface area (Å²) in [6, 6.07) is 0. The Morgan fingerprint density at radius 3 is 2.46 bits per heavy atom. The largest absolute Gasteiger partial charge is 0.469 e. The number of rotatable bonds is 6. The molecule has 13 heavy (non-hydrogen) atoms. The molecule has 2 N–H and O–H groups in total. The molecule has 6 heteroatoms. The number of hydrogen-bond donors (Lipinski definition) is 1. The Kier molecular flexibility index (Phi) is 5.65. The number of carbonyl (C=O) groups excluding carboxylic acids is 1. The molecule has 78 valence electrons. The molecule has 0 heterocycles. The van der Waals surface area contributed by atoms with E-state index in [4.69, 9.17) is 5.73 Å². The molecule has 0 aliphatic heterocycles. The standard InChI is InChI=1S/C7H15NO4S/c1-12-7(9)3-6-13(10,11)5-2-4-8/h2-6,8H2,1H3. The molecule has 0 aromatic rings. The number of sulfone groups is 1. The van der Waals surface area contributed by atoms with Gasteiger partial charge < -0.3 is 10.5 Å². The highest BCUT2D eigenvalue weighted by atomic mass is 32.2. The van der Waals surface area contributed by atoms with Crippen LogP contribution in [0.25, 0.3) is 0 Å². The van der Waals surface area contributed by atoms with E-state index in [1.807, 2.05) is 0 Å². The fraction of sp³-hybridized carbons (Fsp3) is 0.857. The van der Waals surface area contributed by atoms with E-state index in [1.54, 1.807) is 0 Å². The van der Waals surface area contributed by atoms with Gasteiger partial charge in [0.2, 0.25) is 0 Å². The highest BCUT2D eigenvalue weighted by Gasteiger charge is 2.12. The topological polar surface area (TPSA) is 86.5 Å². The Balaban J connectivity index is 3.83. The van der Waals surface area contributed by atoms with Gasteiger partial charge in [-0.2, -0.15) is 0 Å². The van der Waals surface area contributed by atoms with Crippen molar-refractivity contribution >= 4 is 15.8 Å². The van der Waals surface area contributed by atoms with E-state index < -0.39 is 15.8 Å². The Morgan fingerprint density at radius 1 is 1.38 bits per heavy atom. The third-order valence-electron chi connectivity index (χ3n) is 1.50. The lowest BCUT2D eigenvalue weighted by atomic mass is 10.5. The van der Waals surface area contributed by atoms with Crippen molar-refractivity contribution in [1.29, 1.82) is 0 Å². The quantitative estimate of drug-likeness (QED) is 0.585. The van der Waals surface area contributed by atoms with E-state index in [0.29, 0.717) is 13.0 Å². The second kappa shape index (κ2) is 5.93. The zero-order valence-corrected chi connectivity index (χ0v) is 8.47. The molecule has 0 aromatic carbocycles. The molecule has 0 aromatic heterocycles. The van der Waals surface area contributed by atoms with Crippen LogP contribution in [0.2, 0.25) is 0 Å². The van der Waals surface area contributed by atoms with Gasteiger partial charge in [-0.3, -0.25) is 4.79 Å². The summed E-state index contributed by atoms with van der Waals surface area (Å²) in [5.74, 6) is -0.614. The number of hydrogen-bond acceptors (Lipinski definition) is 5. The van der Waals surface area contributed by atoms with Gasteiger partial charge >= 0.3 is 5.97 Å². The highest BCUT2D eigenvalue weighted by molar-refractivity contribution is 7.91. The molecule has 0 spiro atoms. The van der Waals surface area contributed by atoms with Gasteiger partial charge in [-0.15, -0.1) is 0 Å². The number of esters is 1. The number of carbonyl (C=O) groups is 1. The van der Waals surface area contributed by atoms with Crippen molar-refractivity contribution in [3.05, 3.63) is 0 Å². The van der Waals surface area contributed by atoms with Gasteiger partial charge in [0.05, 0.1) is 25.0 Å². The summed E-state index contributed by atoms with van der Waals surface area (Å²) in [7, 11) is -1.90. The van der Waals surface area contributed by atoms with Crippen LogP contribution in [0.1, 0.15) is 12.8 Å². The molecule has 0 saturated carbocycles. The van der Waals surface area contributed by atoms with Crippen LogP contribution >= 0.6 is 0 Å². The Labute approximate surface area is 78.2 Å². The van der Waals surface area contributed by atoms with Gasteiger partial charge in [-0.25, -0.2) is 8.42 Å². The van der Waals surface area contributed by atoms with Crippen molar-refractivity contribution in [3.8, 4) is 0 Å². The predicted octanol–water partition coefficient (Wildman–Crippen LogP) is -0.687. The molecular formula is C7H15NO4S. The van der Waals surface area contributed by atoms with Crippen LogP contribution in [0.5, 0.6) is 0 Å². The molecular weight excluding hydrogens is 194 g/mol. The van der Waals surface area contributed by atoms with Gasteiger partial charge in [-0.05, 0) is 13.0 Å². The number of nitrogens with two attached hydrogens (primary N) is 1. The summed E-state index contributed by atoms with van der Waals surface area (Å²) in [4.78, 5) is 10.6. The Bertz CT molecular complexity index is 247. The third kappa shape index (κ3) is 6.53. The summed E-state index contributed by atoms with van der Waals surface area (Å²) in [6.45, 7) is 0.345. The summed E-state index contributed by atoms with van der Waals surface area (Å²) >= 11 is 0. The second-order valence-electron chi connectivity index (χ2n) is 2.62. The zero-order chi connectivity index (χ0) is 10.3. The van der Waals surface area contributed by atoms with E-state index in [-0.39, 0.29) is 17.9 Å². The van der Waals surface area contributed by atoms with E-state index in [2.05, 4.69) is 4.74 Å². The first-order chi connectivity index (χ1) is 6.02. The summed E-state index contributed by atoms with van der Waals surface area (Å²) in [5, 5.41) is 0. The van der Waals surface area contributed by atoms with Crippen LogP contribution in [-0.4, -0.2) is 39.5 Å². The monoisotopic (exact) mass is 209 g/mol. The zero-order valence-electron chi connectivity index (χ0n) is 7.65. The summed E-state index contributed by atoms with van der Waals surface area (Å²) in [5.41, 5.74) is 5.16. The van der Waals surface area contributed by atoms with Gasteiger partial charge in [0.25, 0.3) is 0 Å². The van der Waals surface area contributed by atoms with Crippen LogP contribution in [0.15, 0.2) is 0 Å². The van der Waals surface area contributed by atoms with Gasteiger partial charge in [0, 0.05) is 0 Å². The summed E-state index contributed by atoms with van der Waals surface area (Å²) in [6.07, 6.45) is 0.354. The molecule has 0 bridgehead atoms. The van der Waals surface area contributed by atoms with Crippen LogP contribution in [0, 0.1) is 0 Å². The van der Waals surface area contributed by atoms with Gasteiger partial charge in [0.15, 0.2) is 9.84 Å². The fourth-order valence-electron chi connectivity index (χ4n) is 0.746. The van der Waals surface area contributed by atoms with Crippen molar-refractivity contribution in [1.82, 2.24) is 0 Å². The SMILES string of the molecule is COC(=O)CCS(=O)(=O)CCCN. The average Bonchev–Trinajstić information content (AvgIpc) is 2.11. The molecule has 0 aliphatic carbocycles. The third-order valence-corrected chi connectivity index (χ3v) is 3.24. The van der Waals surface area contributed by atoms with Crippen LogP contribution < -0.4 is 5.73 Å². The molecule has 0 rings (SSSR count). The molecule has 0 fully saturated rings. The number of methoxy groups -OCH3 is 1. The normalized spacial score (nSPS) is 11.2. The molecule has 0 saturated heterocycles. The van der Waals surface area contributed by atoms with Gasteiger partial charge in [-0.1, -0.05) is 0 Å². The first-order valence-corrected chi connectivity index (χ1v) is 5.81. The Hall–Kier alpha value is -0.620. The minimum atomic E-state index is -3.13. The maximum absolute atomic E-state index is 11.1. The molecule has 0 radical (unpaired) electrons. The highest BCUT2D eigenvalue weighted by Crippen LogP contribution is 1.97. The first kappa shape index (κ1) is 12.4. The minimum Gasteiger partial charge on any atom is -0.469 e. The molecule has 0 aliphatic rings. The van der Waals surface area contributed by atoms with Crippen molar-refractivity contribution in [2.75, 3.05) is 25.2 Å². The number of ether oxygens (including phenoxy) is 1. The molecule has 0 unspecified atom stereocenters. The smallest absolute Gasteiger partial charge is 0.306 e. The molecule has 0 amide bonds. The minimum absolute atomic E-state index is 0.0422. The second-order valence-corrected chi connectivity index (χ2v) is 4.92. The van der Waals surface area contributed by atoms with Crippen LogP contribution in [-0.2, 0) is 19.4 Å². The summed E-state index contributed by atoms with van der Waals surface area (Å²) < 4.78 is 26.6. The van der Waals surface area contributed by atoms with Crippen LogP contribution in [0.4, 0.5) is 0 Å². The van der Waals surface area contributed by atoms with E-state index in [9.17, 15) is 13.2 Å². The lowest BCUT2D eigenvalue weighted by molar-refractivity contribution is -0.140. The lowest BCUT2D eigenvalue weighted by Gasteiger charge is -2.01. The van der Waals surface area contributed by atoms with Crippen molar-refractivity contribution in [3.63, 3.8) is 0 Å². The van der Waals surface area contributed by atoms with E-state index in [0.717, 1.165) is 0 Å². The molecule has 5 nitrogen and oxygen atoms in total. The molecule has 0 atom stereocenters.